The molecule has 4 nitrogen and oxygen atoms in total. The molecule has 0 atom stereocenters. The highest BCUT2D eigenvalue weighted by atomic mass is 35.5. The summed E-state index contributed by atoms with van der Waals surface area (Å²) in [5, 5.41) is 3.39. The first-order valence-corrected chi connectivity index (χ1v) is 6.92. The number of methoxy groups -OCH3 is 1. The van der Waals surface area contributed by atoms with E-state index in [2.05, 4.69) is 5.32 Å². The van der Waals surface area contributed by atoms with Gasteiger partial charge in [0, 0.05) is 18.1 Å². The van der Waals surface area contributed by atoms with Gasteiger partial charge in [0.05, 0.1) is 12.7 Å². The minimum atomic E-state index is -0.213. The summed E-state index contributed by atoms with van der Waals surface area (Å²) < 4.78 is 5.18. The van der Waals surface area contributed by atoms with Crippen LogP contribution in [0.5, 0.6) is 5.75 Å². The Kier molecular flexibility index (Phi) is 5.20. The van der Waals surface area contributed by atoms with Gasteiger partial charge in [0.15, 0.2) is 0 Å². The second-order valence-corrected chi connectivity index (χ2v) is 4.94. The molecule has 0 aliphatic rings. The molecule has 0 radical (unpaired) electrons. The molecule has 0 aliphatic heterocycles. The zero-order valence-corrected chi connectivity index (χ0v) is 12.5. The standard InChI is InChI=1S/C16H17ClN2O2/c1-21-15-8-13(17)6-7-14(15)16(20)19-10-12-5-3-2-4-11(12)9-18/h2-8H,9-10,18H2,1H3,(H,19,20). The first-order chi connectivity index (χ1) is 10.2. The minimum absolute atomic E-state index is 0.213. The predicted molar refractivity (Wildman–Crippen MR) is 83.5 cm³/mol. The second kappa shape index (κ2) is 7.11. The Morgan fingerprint density at radius 2 is 1.95 bits per heavy atom. The lowest BCUT2D eigenvalue weighted by Gasteiger charge is -2.11. The Balaban J connectivity index is 2.12. The molecule has 21 heavy (non-hydrogen) atoms. The van der Waals surface area contributed by atoms with Gasteiger partial charge in [-0.15, -0.1) is 0 Å². The van der Waals surface area contributed by atoms with Gasteiger partial charge in [0.25, 0.3) is 5.91 Å². The van der Waals surface area contributed by atoms with Crippen LogP contribution in [0.25, 0.3) is 0 Å². The van der Waals surface area contributed by atoms with E-state index in [1.54, 1.807) is 18.2 Å². The van der Waals surface area contributed by atoms with E-state index in [0.717, 1.165) is 11.1 Å². The molecule has 1 amide bonds. The molecule has 0 fully saturated rings. The normalized spacial score (nSPS) is 10.2. The van der Waals surface area contributed by atoms with Crippen molar-refractivity contribution < 1.29 is 9.53 Å². The highest BCUT2D eigenvalue weighted by molar-refractivity contribution is 6.30. The van der Waals surface area contributed by atoms with Gasteiger partial charge in [-0.3, -0.25) is 4.79 Å². The number of nitrogens with one attached hydrogen (secondary N) is 1. The lowest BCUT2D eigenvalue weighted by atomic mass is 10.1. The number of hydrogen-bond donors (Lipinski definition) is 2. The summed E-state index contributed by atoms with van der Waals surface area (Å²) in [6, 6.07) is 12.7. The Morgan fingerprint density at radius 3 is 2.62 bits per heavy atom. The second-order valence-electron chi connectivity index (χ2n) is 4.50. The maximum atomic E-state index is 12.2. The van der Waals surface area contributed by atoms with Crippen LogP contribution in [0.3, 0.4) is 0 Å². The van der Waals surface area contributed by atoms with Gasteiger partial charge in [-0.25, -0.2) is 0 Å². The van der Waals surface area contributed by atoms with Crippen molar-refractivity contribution in [3.63, 3.8) is 0 Å². The lowest BCUT2D eigenvalue weighted by Crippen LogP contribution is -2.24. The summed E-state index contributed by atoms with van der Waals surface area (Å²) in [6.45, 7) is 0.855. The number of halogens is 1. The average Bonchev–Trinajstić information content (AvgIpc) is 2.52. The molecule has 110 valence electrons. The maximum Gasteiger partial charge on any atom is 0.255 e. The first-order valence-electron chi connectivity index (χ1n) is 6.54. The number of hydrogen-bond acceptors (Lipinski definition) is 3. The number of carbonyl (C=O) groups excluding carboxylic acids is 1. The zero-order chi connectivity index (χ0) is 15.2. The molecule has 0 saturated carbocycles. The molecule has 3 N–H and O–H groups in total. The Labute approximate surface area is 128 Å². The highest BCUT2D eigenvalue weighted by Gasteiger charge is 2.12. The quantitative estimate of drug-likeness (QED) is 0.892. The van der Waals surface area contributed by atoms with E-state index in [1.807, 2.05) is 24.3 Å². The van der Waals surface area contributed by atoms with E-state index in [0.29, 0.717) is 29.4 Å². The number of rotatable bonds is 5. The highest BCUT2D eigenvalue weighted by Crippen LogP contribution is 2.23. The maximum absolute atomic E-state index is 12.2. The van der Waals surface area contributed by atoms with E-state index in [9.17, 15) is 4.79 Å². The molecule has 0 bridgehead atoms. The van der Waals surface area contributed by atoms with Gasteiger partial charge >= 0.3 is 0 Å². The first kappa shape index (κ1) is 15.4. The fourth-order valence-corrected chi connectivity index (χ4v) is 2.21. The van der Waals surface area contributed by atoms with E-state index in [4.69, 9.17) is 22.1 Å². The summed E-state index contributed by atoms with van der Waals surface area (Å²) in [4.78, 5) is 12.2. The third kappa shape index (κ3) is 3.74. The number of ether oxygens (including phenoxy) is 1. The minimum Gasteiger partial charge on any atom is -0.496 e. The van der Waals surface area contributed by atoms with Crippen LogP contribution in [-0.2, 0) is 13.1 Å². The van der Waals surface area contributed by atoms with Crippen LogP contribution < -0.4 is 15.8 Å². The molecule has 0 unspecified atom stereocenters. The van der Waals surface area contributed by atoms with Crippen molar-refractivity contribution in [2.45, 2.75) is 13.1 Å². The molecule has 0 aromatic heterocycles. The van der Waals surface area contributed by atoms with Crippen molar-refractivity contribution in [2.75, 3.05) is 7.11 Å². The molecular weight excluding hydrogens is 288 g/mol. The molecule has 2 aromatic rings. The predicted octanol–water partition coefficient (Wildman–Crippen LogP) is 2.74. The smallest absolute Gasteiger partial charge is 0.255 e. The topological polar surface area (TPSA) is 64.3 Å². The SMILES string of the molecule is COc1cc(Cl)ccc1C(=O)NCc1ccccc1CN. The van der Waals surface area contributed by atoms with E-state index < -0.39 is 0 Å². The average molecular weight is 305 g/mol. The Bertz CT molecular complexity index is 644. The van der Waals surface area contributed by atoms with Crippen molar-refractivity contribution in [3.8, 4) is 5.75 Å². The molecule has 0 saturated heterocycles. The van der Waals surface area contributed by atoms with Gasteiger partial charge < -0.3 is 15.8 Å². The fourth-order valence-electron chi connectivity index (χ4n) is 2.05. The van der Waals surface area contributed by atoms with Gasteiger partial charge in [-0.2, -0.15) is 0 Å². The molecule has 2 aromatic carbocycles. The number of carbonyl (C=O) groups is 1. The van der Waals surface area contributed by atoms with Crippen molar-refractivity contribution in [1.82, 2.24) is 5.32 Å². The van der Waals surface area contributed by atoms with Crippen LogP contribution in [0.15, 0.2) is 42.5 Å². The third-order valence-electron chi connectivity index (χ3n) is 3.19. The Hall–Kier alpha value is -2.04. The summed E-state index contributed by atoms with van der Waals surface area (Å²) in [7, 11) is 1.51. The summed E-state index contributed by atoms with van der Waals surface area (Å²) >= 11 is 5.89. The molecular formula is C16H17ClN2O2. The van der Waals surface area contributed by atoms with Crippen molar-refractivity contribution in [2.24, 2.45) is 5.73 Å². The van der Waals surface area contributed by atoms with Gasteiger partial charge in [-0.1, -0.05) is 35.9 Å². The van der Waals surface area contributed by atoms with Crippen LogP contribution in [0.4, 0.5) is 0 Å². The van der Waals surface area contributed by atoms with Crippen molar-refractivity contribution >= 4 is 17.5 Å². The largest absolute Gasteiger partial charge is 0.496 e. The van der Waals surface area contributed by atoms with E-state index >= 15 is 0 Å². The van der Waals surface area contributed by atoms with Crippen LogP contribution >= 0.6 is 11.6 Å². The molecule has 2 rings (SSSR count). The van der Waals surface area contributed by atoms with Gasteiger partial charge in [-0.05, 0) is 29.3 Å². The summed E-state index contributed by atoms with van der Waals surface area (Å²) in [5.41, 5.74) is 8.15. The van der Waals surface area contributed by atoms with Gasteiger partial charge in [0.1, 0.15) is 5.75 Å². The van der Waals surface area contributed by atoms with Gasteiger partial charge in [0.2, 0.25) is 0 Å². The molecule has 5 heteroatoms. The van der Waals surface area contributed by atoms with Crippen LogP contribution in [-0.4, -0.2) is 13.0 Å². The number of benzene rings is 2. The fraction of sp³-hybridized carbons (Fsp3) is 0.188. The third-order valence-corrected chi connectivity index (χ3v) is 3.42. The monoisotopic (exact) mass is 304 g/mol. The van der Waals surface area contributed by atoms with E-state index in [-0.39, 0.29) is 5.91 Å². The van der Waals surface area contributed by atoms with Crippen molar-refractivity contribution in [1.29, 1.82) is 0 Å². The van der Waals surface area contributed by atoms with Crippen LogP contribution in [0.2, 0.25) is 5.02 Å². The van der Waals surface area contributed by atoms with Crippen molar-refractivity contribution in [3.05, 3.63) is 64.2 Å². The molecule has 0 aliphatic carbocycles. The molecule has 0 spiro atoms. The number of amides is 1. The summed E-state index contributed by atoms with van der Waals surface area (Å²) in [6.07, 6.45) is 0. The Morgan fingerprint density at radius 1 is 1.24 bits per heavy atom. The lowest BCUT2D eigenvalue weighted by molar-refractivity contribution is 0.0948. The molecule has 0 heterocycles. The van der Waals surface area contributed by atoms with Crippen LogP contribution in [0, 0.1) is 0 Å². The summed E-state index contributed by atoms with van der Waals surface area (Å²) in [5.74, 6) is 0.238. The van der Waals surface area contributed by atoms with Crippen LogP contribution in [0.1, 0.15) is 21.5 Å². The zero-order valence-electron chi connectivity index (χ0n) is 11.7. The van der Waals surface area contributed by atoms with E-state index in [1.165, 1.54) is 7.11 Å². The number of nitrogens with two attached hydrogens (primary N) is 1.